The van der Waals surface area contributed by atoms with Crippen LogP contribution in [0.2, 0.25) is 0 Å². The summed E-state index contributed by atoms with van der Waals surface area (Å²) in [6.07, 6.45) is 1.22. The molecule has 0 aliphatic rings. The smallest absolute Gasteiger partial charge is 0.271 e. The van der Waals surface area contributed by atoms with Gasteiger partial charge in [-0.25, -0.2) is 8.42 Å². The fraction of sp³-hybridized carbons (Fsp3) is 0.350. The standard InChI is InChI=1S/C20H25N3O6S/c1-5-19(20(24)21-18-13-16(23(25)26)8-7-14(18)3)22(30(4,27)28)15-9-11-17(12-10-15)29-6-2/h7-13,19H,5-6H2,1-4H3,(H,21,24)/t19-/m1/s1. The summed E-state index contributed by atoms with van der Waals surface area (Å²) in [6, 6.07) is 9.47. The lowest BCUT2D eigenvalue weighted by Gasteiger charge is -2.30. The molecule has 0 saturated heterocycles. The average Bonchev–Trinajstić information content (AvgIpc) is 2.67. The second-order valence-corrected chi connectivity index (χ2v) is 8.51. The van der Waals surface area contributed by atoms with Gasteiger partial charge in [-0.3, -0.25) is 19.2 Å². The van der Waals surface area contributed by atoms with Crippen molar-refractivity contribution in [3.8, 4) is 5.75 Å². The summed E-state index contributed by atoms with van der Waals surface area (Å²) in [5.74, 6) is -0.000159. The Morgan fingerprint density at radius 1 is 1.20 bits per heavy atom. The van der Waals surface area contributed by atoms with E-state index in [4.69, 9.17) is 4.74 Å². The predicted octanol–water partition coefficient (Wildman–Crippen LogP) is 3.49. The summed E-state index contributed by atoms with van der Waals surface area (Å²) in [4.78, 5) is 23.5. The minimum Gasteiger partial charge on any atom is -0.494 e. The van der Waals surface area contributed by atoms with Crippen LogP contribution in [-0.2, 0) is 14.8 Å². The number of nitrogens with one attached hydrogen (secondary N) is 1. The average molecular weight is 436 g/mol. The molecular formula is C20H25N3O6S. The zero-order valence-electron chi connectivity index (χ0n) is 17.3. The van der Waals surface area contributed by atoms with E-state index in [1.54, 1.807) is 38.1 Å². The Balaban J connectivity index is 2.39. The third kappa shape index (κ3) is 5.47. The van der Waals surface area contributed by atoms with Crippen LogP contribution >= 0.6 is 0 Å². The number of carbonyl (C=O) groups is 1. The van der Waals surface area contributed by atoms with Gasteiger partial charge in [0.15, 0.2) is 0 Å². The summed E-state index contributed by atoms with van der Waals surface area (Å²) < 4.78 is 31.5. The van der Waals surface area contributed by atoms with Crippen molar-refractivity contribution in [1.29, 1.82) is 0 Å². The van der Waals surface area contributed by atoms with Crippen molar-refractivity contribution >= 4 is 33.0 Å². The van der Waals surface area contributed by atoms with Gasteiger partial charge in [0.25, 0.3) is 5.69 Å². The van der Waals surface area contributed by atoms with Crippen LogP contribution in [0.1, 0.15) is 25.8 Å². The first-order chi connectivity index (χ1) is 14.1. The molecule has 0 saturated carbocycles. The van der Waals surface area contributed by atoms with Gasteiger partial charge in [-0.05, 0) is 50.1 Å². The molecule has 9 nitrogen and oxygen atoms in total. The van der Waals surface area contributed by atoms with E-state index in [9.17, 15) is 23.3 Å². The highest BCUT2D eigenvalue weighted by Gasteiger charge is 2.32. The SMILES string of the molecule is CCOc1ccc(N([C@H](CC)C(=O)Nc2cc([N+](=O)[O-])ccc2C)S(C)(=O)=O)cc1. The van der Waals surface area contributed by atoms with Gasteiger partial charge in [0, 0.05) is 12.1 Å². The number of carbonyl (C=O) groups excluding carboxylic acids is 1. The maximum Gasteiger partial charge on any atom is 0.271 e. The molecule has 0 aliphatic heterocycles. The van der Waals surface area contributed by atoms with Gasteiger partial charge in [-0.15, -0.1) is 0 Å². The molecule has 1 atom stereocenters. The molecule has 0 bridgehead atoms. The van der Waals surface area contributed by atoms with Crippen molar-refractivity contribution in [1.82, 2.24) is 0 Å². The molecular weight excluding hydrogens is 410 g/mol. The van der Waals surface area contributed by atoms with Crippen LogP contribution in [0.25, 0.3) is 0 Å². The van der Waals surface area contributed by atoms with E-state index >= 15 is 0 Å². The minimum absolute atomic E-state index is 0.171. The summed E-state index contributed by atoms with van der Waals surface area (Å²) in [5, 5.41) is 13.7. The number of rotatable bonds is 9. The monoisotopic (exact) mass is 435 g/mol. The van der Waals surface area contributed by atoms with E-state index < -0.39 is 26.9 Å². The number of sulfonamides is 1. The zero-order chi connectivity index (χ0) is 22.5. The molecule has 162 valence electrons. The number of nitro benzene ring substituents is 1. The largest absolute Gasteiger partial charge is 0.494 e. The third-order valence-electron chi connectivity index (χ3n) is 4.42. The molecule has 2 rings (SSSR count). The summed E-state index contributed by atoms with van der Waals surface area (Å²) in [5.41, 5.74) is 1.03. The number of ether oxygens (including phenoxy) is 1. The number of nitro groups is 1. The van der Waals surface area contributed by atoms with Crippen molar-refractivity contribution in [2.75, 3.05) is 22.5 Å². The van der Waals surface area contributed by atoms with Gasteiger partial charge in [0.1, 0.15) is 11.8 Å². The van der Waals surface area contributed by atoms with Crippen LogP contribution in [0.5, 0.6) is 5.75 Å². The van der Waals surface area contributed by atoms with Gasteiger partial charge in [-0.2, -0.15) is 0 Å². The lowest BCUT2D eigenvalue weighted by molar-refractivity contribution is -0.384. The first-order valence-corrected chi connectivity index (χ1v) is 11.2. The van der Waals surface area contributed by atoms with E-state index in [0.717, 1.165) is 10.6 Å². The number of benzene rings is 2. The predicted molar refractivity (Wildman–Crippen MR) is 115 cm³/mol. The lowest BCUT2D eigenvalue weighted by Crippen LogP contribution is -2.47. The van der Waals surface area contributed by atoms with Crippen molar-refractivity contribution in [2.24, 2.45) is 0 Å². The van der Waals surface area contributed by atoms with Crippen molar-refractivity contribution in [2.45, 2.75) is 33.2 Å². The highest BCUT2D eigenvalue weighted by Crippen LogP contribution is 2.27. The van der Waals surface area contributed by atoms with Crippen molar-refractivity contribution in [3.05, 3.63) is 58.1 Å². The third-order valence-corrected chi connectivity index (χ3v) is 5.60. The Kier molecular flexibility index (Phi) is 7.38. The van der Waals surface area contributed by atoms with E-state index in [-0.39, 0.29) is 17.8 Å². The molecule has 0 aliphatic carbocycles. The number of amides is 1. The zero-order valence-corrected chi connectivity index (χ0v) is 18.1. The number of non-ortho nitro benzene ring substituents is 1. The highest BCUT2D eigenvalue weighted by molar-refractivity contribution is 7.92. The van der Waals surface area contributed by atoms with Crippen LogP contribution in [-0.4, -0.2) is 38.2 Å². The first kappa shape index (κ1) is 23.1. The molecule has 1 N–H and O–H groups in total. The number of hydrogen-bond donors (Lipinski definition) is 1. The number of hydrogen-bond acceptors (Lipinski definition) is 6. The van der Waals surface area contributed by atoms with Gasteiger partial charge in [0.2, 0.25) is 15.9 Å². The number of nitrogens with zero attached hydrogens (tertiary/aromatic N) is 2. The van der Waals surface area contributed by atoms with E-state index in [1.165, 1.54) is 18.2 Å². The van der Waals surface area contributed by atoms with E-state index in [0.29, 0.717) is 23.6 Å². The normalized spacial score (nSPS) is 12.1. The summed E-state index contributed by atoms with van der Waals surface area (Å²) >= 11 is 0. The molecule has 1 amide bonds. The Hall–Kier alpha value is -3.14. The first-order valence-electron chi connectivity index (χ1n) is 9.36. The molecule has 10 heteroatoms. The van der Waals surface area contributed by atoms with Gasteiger partial charge < -0.3 is 10.1 Å². The molecule has 0 spiro atoms. The Morgan fingerprint density at radius 2 is 1.83 bits per heavy atom. The quantitative estimate of drug-likeness (QED) is 0.476. The maximum absolute atomic E-state index is 13.0. The van der Waals surface area contributed by atoms with Crippen LogP contribution in [0, 0.1) is 17.0 Å². The van der Waals surface area contributed by atoms with E-state index in [1.807, 2.05) is 6.92 Å². The van der Waals surface area contributed by atoms with Crippen molar-refractivity contribution in [3.63, 3.8) is 0 Å². The minimum atomic E-state index is -3.80. The molecule has 2 aromatic rings. The molecule has 0 unspecified atom stereocenters. The van der Waals surface area contributed by atoms with E-state index in [2.05, 4.69) is 5.32 Å². The Bertz CT molecular complexity index is 1020. The second-order valence-electron chi connectivity index (χ2n) is 6.66. The molecule has 2 aromatic carbocycles. The Morgan fingerprint density at radius 3 is 2.33 bits per heavy atom. The van der Waals surface area contributed by atoms with Gasteiger partial charge >= 0.3 is 0 Å². The topological polar surface area (TPSA) is 119 Å². The van der Waals surface area contributed by atoms with Gasteiger partial charge in [-0.1, -0.05) is 13.0 Å². The maximum atomic E-state index is 13.0. The summed E-state index contributed by atoms with van der Waals surface area (Å²) in [7, 11) is -3.80. The molecule has 0 aromatic heterocycles. The molecule has 0 radical (unpaired) electrons. The number of anilines is 2. The fourth-order valence-corrected chi connectivity index (χ4v) is 4.20. The summed E-state index contributed by atoms with van der Waals surface area (Å²) in [6.45, 7) is 5.69. The molecule has 30 heavy (non-hydrogen) atoms. The van der Waals surface area contributed by atoms with Crippen LogP contribution < -0.4 is 14.4 Å². The lowest BCUT2D eigenvalue weighted by atomic mass is 10.1. The van der Waals surface area contributed by atoms with Crippen LogP contribution in [0.4, 0.5) is 17.1 Å². The highest BCUT2D eigenvalue weighted by atomic mass is 32.2. The second kappa shape index (κ2) is 9.57. The van der Waals surface area contributed by atoms with Gasteiger partial charge in [0.05, 0.1) is 29.2 Å². The number of aryl methyl sites for hydroxylation is 1. The molecule has 0 fully saturated rings. The Labute approximate surface area is 175 Å². The van der Waals surface area contributed by atoms with Crippen LogP contribution in [0.15, 0.2) is 42.5 Å². The van der Waals surface area contributed by atoms with Crippen molar-refractivity contribution < 1.29 is 22.9 Å². The molecule has 0 heterocycles. The van der Waals surface area contributed by atoms with Crippen LogP contribution in [0.3, 0.4) is 0 Å². The fourth-order valence-electron chi connectivity index (χ4n) is 2.99.